The van der Waals surface area contributed by atoms with Crippen LogP contribution in [0.15, 0.2) is 12.3 Å². The molecule has 1 unspecified atom stereocenters. The molecule has 0 spiro atoms. The first kappa shape index (κ1) is 15.8. The second-order valence-corrected chi connectivity index (χ2v) is 6.76. The van der Waals surface area contributed by atoms with Crippen molar-refractivity contribution in [1.82, 2.24) is 25.3 Å². The summed E-state index contributed by atoms with van der Waals surface area (Å²) in [7, 11) is 0. The van der Waals surface area contributed by atoms with Gasteiger partial charge in [-0.2, -0.15) is 5.10 Å². The molecule has 2 fully saturated rings. The Morgan fingerprint density at radius 3 is 2.70 bits per heavy atom. The SMILES string of the molecule is CC(C)N1CC(NC(=O)N2CCC(c3ccn[nH]3)CC2)CC1=O. The maximum Gasteiger partial charge on any atom is 0.317 e. The van der Waals surface area contributed by atoms with Crippen molar-refractivity contribution in [2.75, 3.05) is 19.6 Å². The highest BCUT2D eigenvalue weighted by molar-refractivity contribution is 5.82. The number of nitrogens with one attached hydrogen (secondary N) is 2. The van der Waals surface area contributed by atoms with E-state index < -0.39 is 0 Å². The first-order valence-corrected chi connectivity index (χ1v) is 8.38. The van der Waals surface area contributed by atoms with Gasteiger partial charge in [0.1, 0.15) is 0 Å². The van der Waals surface area contributed by atoms with Crippen LogP contribution in [0.3, 0.4) is 0 Å². The third-order valence-electron chi connectivity index (χ3n) is 4.85. The average molecular weight is 319 g/mol. The summed E-state index contributed by atoms with van der Waals surface area (Å²) in [6, 6.07) is 2.08. The standard InChI is InChI=1S/C16H25N5O2/c1-11(2)21-10-13(9-15(21)22)18-16(23)20-7-4-12(5-8-20)14-3-6-17-19-14/h3,6,11-13H,4-5,7-10H2,1-2H3,(H,17,19)(H,18,23). The highest BCUT2D eigenvalue weighted by Gasteiger charge is 2.33. The van der Waals surface area contributed by atoms with Crippen molar-refractivity contribution in [1.29, 1.82) is 0 Å². The van der Waals surface area contributed by atoms with Gasteiger partial charge < -0.3 is 15.1 Å². The van der Waals surface area contributed by atoms with Crippen molar-refractivity contribution in [3.8, 4) is 0 Å². The Morgan fingerprint density at radius 2 is 2.13 bits per heavy atom. The number of aromatic nitrogens is 2. The van der Waals surface area contributed by atoms with Gasteiger partial charge in [0.25, 0.3) is 0 Å². The van der Waals surface area contributed by atoms with Crippen molar-refractivity contribution >= 4 is 11.9 Å². The summed E-state index contributed by atoms with van der Waals surface area (Å²) < 4.78 is 0. The number of hydrogen-bond donors (Lipinski definition) is 2. The largest absolute Gasteiger partial charge is 0.338 e. The number of amides is 3. The zero-order valence-corrected chi connectivity index (χ0v) is 13.8. The van der Waals surface area contributed by atoms with Crippen LogP contribution in [0.4, 0.5) is 4.79 Å². The van der Waals surface area contributed by atoms with Crippen LogP contribution in [0, 0.1) is 0 Å². The van der Waals surface area contributed by atoms with E-state index in [4.69, 9.17) is 0 Å². The van der Waals surface area contributed by atoms with Crippen molar-refractivity contribution in [3.05, 3.63) is 18.0 Å². The molecule has 0 aliphatic carbocycles. The van der Waals surface area contributed by atoms with E-state index in [1.54, 1.807) is 6.20 Å². The number of piperidine rings is 1. The number of H-pyrrole nitrogens is 1. The molecular weight excluding hydrogens is 294 g/mol. The molecule has 7 heteroatoms. The molecule has 2 aliphatic heterocycles. The van der Waals surface area contributed by atoms with Crippen molar-refractivity contribution in [2.24, 2.45) is 0 Å². The van der Waals surface area contributed by atoms with Crippen LogP contribution in [0.5, 0.6) is 0 Å². The molecule has 1 atom stereocenters. The minimum Gasteiger partial charge on any atom is -0.338 e. The molecule has 2 N–H and O–H groups in total. The maximum absolute atomic E-state index is 12.4. The normalized spacial score (nSPS) is 22.9. The van der Waals surface area contributed by atoms with Gasteiger partial charge in [0.05, 0.1) is 6.04 Å². The maximum atomic E-state index is 12.4. The molecule has 0 radical (unpaired) electrons. The van der Waals surface area contributed by atoms with E-state index in [9.17, 15) is 9.59 Å². The fraction of sp³-hybridized carbons (Fsp3) is 0.688. The molecule has 0 aromatic carbocycles. The molecule has 2 aliphatic rings. The van der Waals surface area contributed by atoms with E-state index in [1.165, 1.54) is 0 Å². The molecule has 2 saturated heterocycles. The lowest BCUT2D eigenvalue weighted by Gasteiger charge is -2.32. The predicted octanol–water partition coefficient (Wildman–Crippen LogP) is 1.31. The molecule has 0 bridgehead atoms. The van der Waals surface area contributed by atoms with Gasteiger partial charge in [0.2, 0.25) is 5.91 Å². The van der Waals surface area contributed by atoms with Crippen LogP contribution in [0.25, 0.3) is 0 Å². The van der Waals surface area contributed by atoms with Gasteiger partial charge in [-0.05, 0) is 32.8 Å². The summed E-state index contributed by atoms with van der Waals surface area (Å²) in [5.41, 5.74) is 1.15. The molecule has 3 amide bonds. The van der Waals surface area contributed by atoms with Gasteiger partial charge in [0.15, 0.2) is 0 Å². The number of hydrogen-bond acceptors (Lipinski definition) is 3. The Morgan fingerprint density at radius 1 is 1.39 bits per heavy atom. The number of urea groups is 1. The second kappa shape index (κ2) is 6.60. The molecular formula is C16H25N5O2. The molecule has 126 valence electrons. The monoisotopic (exact) mass is 319 g/mol. The Bertz CT molecular complexity index is 549. The summed E-state index contributed by atoms with van der Waals surface area (Å²) in [5.74, 6) is 0.578. The van der Waals surface area contributed by atoms with Crippen LogP contribution in [0.2, 0.25) is 0 Å². The Hall–Kier alpha value is -2.05. The summed E-state index contributed by atoms with van der Waals surface area (Å²) >= 11 is 0. The fourth-order valence-corrected chi connectivity index (χ4v) is 3.48. The van der Waals surface area contributed by atoms with Crippen molar-refractivity contribution < 1.29 is 9.59 Å². The highest BCUT2D eigenvalue weighted by Crippen LogP contribution is 2.26. The van der Waals surface area contributed by atoms with Gasteiger partial charge in [-0.25, -0.2) is 4.79 Å². The zero-order chi connectivity index (χ0) is 16.4. The number of carbonyl (C=O) groups is 2. The molecule has 1 aromatic heterocycles. The quantitative estimate of drug-likeness (QED) is 0.881. The van der Waals surface area contributed by atoms with Crippen LogP contribution in [-0.2, 0) is 4.79 Å². The predicted molar refractivity (Wildman–Crippen MR) is 85.9 cm³/mol. The van der Waals surface area contributed by atoms with E-state index in [2.05, 4.69) is 15.5 Å². The topological polar surface area (TPSA) is 81.3 Å². The van der Waals surface area contributed by atoms with Gasteiger partial charge in [-0.1, -0.05) is 0 Å². The lowest BCUT2D eigenvalue weighted by atomic mass is 9.94. The van der Waals surface area contributed by atoms with Crippen LogP contribution in [-0.4, -0.2) is 63.7 Å². The highest BCUT2D eigenvalue weighted by atomic mass is 16.2. The third-order valence-corrected chi connectivity index (χ3v) is 4.85. The van der Waals surface area contributed by atoms with Gasteiger partial charge in [-0.3, -0.25) is 9.89 Å². The van der Waals surface area contributed by atoms with E-state index >= 15 is 0 Å². The van der Waals surface area contributed by atoms with Crippen LogP contribution in [0.1, 0.15) is 44.7 Å². The Kier molecular flexibility index (Phi) is 4.54. The Balaban J connectivity index is 1.48. The molecule has 0 saturated carbocycles. The molecule has 3 rings (SSSR count). The summed E-state index contributed by atoms with van der Waals surface area (Å²) in [4.78, 5) is 28.0. The molecule has 7 nitrogen and oxygen atoms in total. The molecule has 23 heavy (non-hydrogen) atoms. The lowest BCUT2D eigenvalue weighted by Crippen LogP contribution is -2.48. The summed E-state index contributed by atoms with van der Waals surface area (Å²) in [6.07, 6.45) is 4.06. The second-order valence-electron chi connectivity index (χ2n) is 6.76. The smallest absolute Gasteiger partial charge is 0.317 e. The lowest BCUT2D eigenvalue weighted by molar-refractivity contribution is -0.129. The molecule has 1 aromatic rings. The van der Waals surface area contributed by atoms with Crippen LogP contribution < -0.4 is 5.32 Å². The van der Waals surface area contributed by atoms with E-state index in [0.29, 0.717) is 18.9 Å². The van der Waals surface area contributed by atoms with Gasteiger partial charge in [0, 0.05) is 49.9 Å². The minimum absolute atomic E-state index is 0.0449. The fourth-order valence-electron chi connectivity index (χ4n) is 3.48. The van der Waals surface area contributed by atoms with E-state index in [-0.39, 0.29) is 24.0 Å². The van der Waals surface area contributed by atoms with E-state index in [0.717, 1.165) is 31.6 Å². The summed E-state index contributed by atoms with van der Waals surface area (Å²) in [5, 5.41) is 10.0. The summed E-state index contributed by atoms with van der Waals surface area (Å²) in [6.45, 7) is 6.10. The molecule has 3 heterocycles. The first-order chi connectivity index (χ1) is 11.0. The minimum atomic E-state index is -0.0669. The number of likely N-dealkylation sites (tertiary alicyclic amines) is 2. The number of aromatic amines is 1. The van der Waals surface area contributed by atoms with Crippen LogP contribution >= 0.6 is 0 Å². The van der Waals surface area contributed by atoms with Gasteiger partial charge >= 0.3 is 6.03 Å². The third kappa shape index (κ3) is 3.48. The Labute approximate surface area is 136 Å². The average Bonchev–Trinajstić information content (AvgIpc) is 3.17. The van der Waals surface area contributed by atoms with Crippen molar-refractivity contribution in [2.45, 2.75) is 51.1 Å². The van der Waals surface area contributed by atoms with E-state index in [1.807, 2.05) is 29.7 Å². The first-order valence-electron chi connectivity index (χ1n) is 8.38. The number of rotatable bonds is 3. The number of carbonyl (C=O) groups excluding carboxylic acids is 2. The van der Waals surface area contributed by atoms with Gasteiger partial charge in [-0.15, -0.1) is 0 Å². The number of nitrogens with zero attached hydrogens (tertiary/aromatic N) is 3. The zero-order valence-electron chi connectivity index (χ0n) is 13.8. The van der Waals surface area contributed by atoms with Crippen molar-refractivity contribution in [3.63, 3.8) is 0 Å².